The quantitative estimate of drug-likeness (QED) is 0.334. The van der Waals surface area contributed by atoms with Crippen LogP contribution in [-0.4, -0.2) is 49.2 Å². The van der Waals surface area contributed by atoms with Crippen molar-refractivity contribution in [2.75, 3.05) is 32.8 Å². The van der Waals surface area contributed by atoms with E-state index < -0.39 is 0 Å². The summed E-state index contributed by atoms with van der Waals surface area (Å²) in [5, 5.41) is 7.74. The van der Waals surface area contributed by atoms with E-state index in [-0.39, 0.29) is 12.0 Å². The van der Waals surface area contributed by atoms with Gasteiger partial charge in [-0.05, 0) is 61.4 Å². The molecule has 1 saturated heterocycles. The summed E-state index contributed by atoms with van der Waals surface area (Å²) in [7, 11) is 3.17. The fourth-order valence-electron chi connectivity index (χ4n) is 4.24. The molecule has 8 heteroatoms. The van der Waals surface area contributed by atoms with Crippen LogP contribution in [0.3, 0.4) is 0 Å². The highest BCUT2D eigenvalue weighted by atomic mass is 16.5. The summed E-state index contributed by atoms with van der Waals surface area (Å²) >= 11 is 0. The molecule has 0 radical (unpaired) electrons. The average molecular weight is 500 g/mol. The molecule has 0 spiro atoms. The zero-order chi connectivity index (χ0) is 25.6. The second-order valence-electron chi connectivity index (χ2n) is 8.66. The summed E-state index contributed by atoms with van der Waals surface area (Å²) in [5.41, 5.74) is 3.07. The van der Waals surface area contributed by atoms with Gasteiger partial charge in [-0.1, -0.05) is 18.2 Å². The van der Waals surface area contributed by atoms with Crippen LogP contribution in [0.2, 0.25) is 0 Å². The Kier molecular flexibility index (Phi) is 7.37. The van der Waals surface area contributed by atoms with Crippen LogP contribution in [0.25, 0.3) is 16.9 Å². The maximum Gasteiger partial charge on any atom is 0.259 e. The number of anilines is 1. The van der Waals surface area contributed by atoms with Crippen LogP contribution in [0.1, 0.15) is 23.2 Å². The molecule has 4 aromatic rings. The van der Waals surface area contributed by atoms with Crippen molar-refractivity contribution in [3.05, 3.63) is 84.6 Å². The molecule has 3 aromatic carbocycles. The Morgan fingerprint density at radius 3 is 2.51 bits per heavy atom. The number of methoxy groups -OCH3 is 2. The van der Waals surface area contributed by atoms with E-state index >= 15 is 0 Å². The van der Waals surface area contributed by atoms with Crippen LogP contribution in [0.5, 0.6) is 17.2 Å². The number of benzene rings is 3. The normalized spacial score (nSPS) is 14.8. The van der Waals surface area contributed by atoms with Crippen molar-refractivity contribution in [3.8, 4) is 34.2 Å². The molecule has 1 aromatic heterocycles. The number of hydrogen-bond acceptors (Lipinski definition) is 6. The fraction of sp³-hybridized carbons (Fsp3) is 0.241. The summed E-state index contributed by atoms with van der Waals surface area (Å²) in [6.07, 6.45) is 3.97. The van der Waals surface area contributed by atoms with Crippen LogP contribution in [0.4, 0.5) is 5.69 Å². The third-order valence-electron chi connectivity index (χ3n) is 6.22. The number of para-hydroxylation sites is 1. The first kappa shape index (κ1) is 24.4. The number of aromatic nitrogens is 2. The van der Waals surface area contributed by atoms with E-state index in [2.05, 4.69) is 5.32 Å². The SMILES string of the molecule is COc1ccc(-c2nn(-c3ccccc3)cc2C(=O)Nc2ccc(OCC3CCCO3)cc2)c(OC)c1. The molecule has 2 heterocycles. The number of carbonyl (C=O) groups is 1. The first-order chi connectivity index (χ1) is 18.1. The summed E-state index contributed by atoms with van der Waals surface area (Å²) in [4.78, 5) is 13.5. The lowest BCUT2D eigenvalue weighted by molar-refractivity contribution is 0.0679. The van der Waals surface area contributed by atoms with E-state index in [0.717, 1.165) is 30.9 Å². The smallest absolute Gasteiger partial charge is 0.259 e. The Morgan fingerprint density at radius 1 is 1.03 bits per heavy atom. The maximum atomic E-state index is 13.5. The first-order valence-electron chi connectivity index (χ1n) is 12.2. The van der Waals surface area contributed by atoms with E-state index in [1.165, 1.54) is 0 Å². The molecular weight excluding hydrogens is 470 g/mol. The lowest BCUT2D eigenvalue weighted by atomic mass is 10.1. The first-order valence-corrected chi connectivity index (χ1v) is 12.2. The zero-order valence-electron chi connectivity index (χ0n) is 20.8. The molecular formula is C29H29N3O5. The summed E-state index contributed by atoms with van der Waals surface area (Å²) in [5.74, 6) is 1.65. The van der Waals surface area contributed by atoms with Crippen molar-refractivity contribution in [1.82, 2.24) is 9.78 Å². The molecule has 1 unspecified atom stereocenters. The van der Waals surface area contributed by atoms with Crippen molar-refractivity contribution in [2.24, 2.45) is 0 Å². The largest absolute Gasteiger partial charge is 0.497 e. The minimum absolute atomic E-state index is 0.147. The van der Waals surface area contributed by atoms with E-state index in [0.29, 0.717) is 40.6 Å². The lowest BCUT2D eigenvalue weighted by Gasteiger charge is -2.12. The molecule has 5 rings (SSSR count). The second-order valence-corrected chi connectivity index (χ2v) is 8.66. The van der Waals surface area contributed by atoms with Gasteiger partial charge in [-0.3, -0.25) is 4.79 Å². The second kappa shape index (κ2) is 11.2. The van der Waals surface area contributed by atoms with Crippen molar-refractivity contribution in [3.63, 3.8) is 0 Å². The van der Waals surface area contributed by atoms with Gasteiger partial charge in [-0.25, -0.2) is 4.68 Å². The number of carbonyl (C=O) groups excluding carboxylic acids is 1. The molecule has 190 valence electrons. The predicted molar refractivity (Wildman–Crippen MR) is 141 cm³/mol. The standard InChI is InChI=1S/C29H29N3O5/c1-34-23-14-15-25(27(17-23)35-2)28-26(18-32(31-28)21-7-4-3-5-8-21)29(33)30-20-10-12-22(13-11-20)37-19-24-9-6-16-36-24/h3-5,7-8,10-15,17-18,24H,6,9,16,19H2,1-2H3,(H,30,33). The monoisotopic (exact) mass is 499 g/mol. The fourth-order valence-corrected chi connectivity index (χ4v) is 4.24. The van der Waals surface area contributed by atoms with Crippen molar-refractivity contribution < 1.29 is 23.7 Å². The number of hydrogen-bond donors (Lipinski definition) is 1. The molecule has 0 aliphatic carbocycles. The Morgan fingerprint density at radius 2 is 1.81 bits per heavy atom. The van der Waals surface area contributed by atoms with Gasteiger partial charge < -0.3 is 24.3 Å². The van der Waals surface area contributed by atoms with Crippen LogP contribution >= 0.6 is 0 Å². The van der Waals surface area contributed by atoms with Crippen molar-refractivity contribution >= 4 is 11.6 Å². The van der Waals surface area contributed by atoms with E-state index in [9.17, 15) is 4.79 Å². The van der Waals surface area contributed by atoms with Gasteiger partial charge in [-0.15, -0.1) is 0 Å². The van der Waals surface area contributed by atoms with Gasteiger partial charge in [0.2, 0.25) is 0 Å². The van der Waals surface area contributed by atoms with Crippen molar-refractivity contribution in [1.29, 1.82) is 0 Å². The molecule has 1 amide bonds. The predicted octanol–water partition coefficient (Wildman–Crippen LogP) is 5.37. The number of nitrogens with zero attached hydrogens (tertiary/aromatic N) is 2. The number of ether oxygens (including phenoxy) is 4. The van der Waals surface area contributed by atoms with Crippen LogP contribution < -0.4 is 19.5 Å². The molecule has 37 heavy (non-hydrogen) atoms. The molecule has 0 saturated carbocycles. The Balaban J connectivity index is 1.41. The summed E-state index contributed by atoms with van der Waals surface area (Å²) in [6.45, 7) is 1.32. The van der Waals surface area contributed by atoms with Gasteiger partial charge in [0.15, 0.2) is 0 Å². The number of rotatable bonds is 9. The molecule has 1 fully saturated rings. The Hall–Kier alpha value is -4.30. The van der Waals surface area contributed by atoms with Gasteiger partial charge in [0.1, 0.15) is 29.5 Å². The summed E-state index contributed by atoms with van der Waals surface area (Å²) < 4.78 is 24.1. The highest BCUT2D eigenvalue weighted by Crippen LogP contribution is 2.35. The van der Waals surface area contributed by atoms with Gasteiger partial charge in [-0.2, -0.15) is 5.10 Å². The molecule has 8 nitrogen and oxygen atoms in total. The molecule has 1 aliphatic heterocycles. The highest BCUT2D eigenvalue weighted by molar-refractivity contribution is 6.08. The van der Waals surface area contributed by atoms with Crippen LogP contribution in [0.15, 0.2) is 79.0 Å². The van der Waals surface area contributed by atoms with Gasteiger partial charge in [0.25, 0.3) is 5.91 Å². The Bertz CT molecular complexity index is 1350. The highest BCUT2D eigenvalue weighted by Gasteiger charge is 2.22. The Labute approximate surface area is 215 Å². The van der Waals surface area contributed by atoms with Gasteiger partial charge in [0, 0.05) is 30.1 Å². The molecule has 0 bridgehead atoms. The third kappa shape index (κ3) is 5.59. The van der Waals surface area contributed by atoms with Crippen LogP contribution in [0, 0.1) is 0 Å². The van der Waals surface area contributed by atoms with Crippen LogP contribution in [-0.2, 0) is 4.74 Å². The van der Waals surface area contributed by atoms with E-state index in [4.69, 9.17) is 24.0 Å². The lowest BCUT2D eigenvalue weighted by Crippen LogP contribution is -2.16. The summed E-state index contributed by atoms with van der Waals surface area (Å²) in [6, 6.07) is 22.4. The zero-order valence-corrected chi connectivity index (χ0v) is 20.8. The van der Waals surface area contributed by atoms with Gasteiger partial charge >= 0.3 is 0 Å². The third-order valence-corrected chi connectivity index (χ3v) is 6.22. The molecule has 1 N–H and O–H groups in total. The number of amides is 1. The van der Waals surface area contributed by atoms with Crippen molar-refractivity contribution in [2.45, 2.75) is 18.9 Å². The number of nitrogens with one attached hydrogen (secondary N) is 1. The van der Waals surface area contributed by atoms with E-state index in [1.54, 1.807) is 31.2 Å². The minimum Gasteiger partial charge on any atom is -0.497 e. The van der Waals surface area contributed by atoms with E-state index in [1.807, 2.05) is 66.7 Å². The average Bonchev–Trinajstić information content (AvgIpc) is 3.63. The van der Waals surface area contributed by atoms with Gasteiger partial charge in [0.05, 0.1) is 31.6 Å². The minimum atomic E-state index is -0.289. The molecule has 1 aliphatic rings. The molecule has 1 atom stereocenters. The topological polar surface area (TPSA) is 83.8 Å². The maximum absolute atomic E-state index is 13.5.